The topological polar surface area (TPSA) is 76.8 Å². The molecule has 8 heteroatoms. The van der Waals surface area contributed by atoms with Gasteiger partial charge in [0.2, 0.25) is 11.7 Å². The maximum atomic E-state index is 12.3. The fraction of sp³-hybridized carbons (Fsp3) is 0.312. The number of furan rings is 1. The number of amides is 1. The van der Waals surface area contributed by atoms with Crippen molar-refractivity contribution in [1.82, 2.24) is 4.90 Å². The lowest BCUT2D eigenvalue weighted by Gasteiger charge is -2.25. The lowest BCUT2D eigenvalue weighted by Crippen LogP contribution is -2.43. The van der Waals surface area contributed by atoms with Gasteiger partial charge in [0.1, 0.15) is 17.2 Å². The van der Waals surface area contributed by atoms with Crippen molar-refractivity contribution in [2.75, 3.05) is 12.4 Å². The van der Waals surface area contributed by atoms with Crippen LogP contribution in [-0.4, -0.2) is 41.0 Å². The highest BCUT2D eigenvalue weighted by molar-refractivity contribution is 7.99. The molecule has 1 amide bonds. The van der Waals surface area contributed by atoms with Gasteiger partial charge in [-0.15, -0.1) is 23.1 Å². The number of thiophene rings is 1. The zero-order chi connectivity index (χ0) is 17.1. The van der Waals surface area contributed by atoms with Gasteiger partial charge in [-0.05, 0) is 23.6 Å². The first-order valence-corrected chi connectivity index (χ1v) is 9.18. The molecule has 0 spiro atoms. The first kappa shape index (κ1) is 16.8. The van der Waals surface area contributed by atoms with Gasteiger partial charge in [-0.2, -0.15) is 0 Å². The van der Waals surface area contributed by atoms with Gasteiger partial charge < -0.3 is 14.1 Å². The largest absolute Gasteiger partial charge is 0.466 e. The smallest absolute Gasteiger partial charge is 0.330 e. The Hall–Kier alpha value is -2.06. The molecule has 1 aliphatic heterocycles. The molecule has 2 aromatic rings. The summed E-state index contributed by atoms with van der Waals surface area (Å²) in [7, 11) is 0. The van der Waals surface area contributed by atoms with Crippen molar-refractivity contribution in [3.05, 3.63) is 46.5 Å². The number of hydrogen-bond acceptors (Lipinski definition) is 7. The van der Waals surface area contributed by atoms with E-state index in [1.165, 1.54) is 41.2 Å². The highest BCUT2D eigenvalue weighted by atomic mass is 32.2. The third-order valence-electron chi connectivity index (χ3n) is 3.56. The Morgan fingerprint density at radius 3 is 2.79 bits per heavy atom. The second kappa shape index (κ2) is 7.23. The molecule has 2 aromatic heterocycles. The molecular formula is C16H15NO5S2. The predicted molar refractivity (Wildman–Crippen MR) is 89.8 cm³/mol. The molecule has 1 aliphatic rings. The van der Waals surface area contributed by atoms with E-state index in [0.29, 0.717) is 16.4 Å². The van der Waals surface area contributed by atoms with E-state index in [0.717, 1.165) is 0 Å². The monoisotopic (exact) mass is 365 g/mol. The molecule has 0 bridgehead atoms. The average molecular weight is 365 g/mol. The molecule has 3 rings (SSSR count). The van der Waals surface area contributed by atoms with Crippen LogP contribution >= 0.6 is 23.1 Å². The van der Waals surface area contributed by atoms with E-state index in [-0.39, 0.29) is 23.7 Å². The lowest BCUT2D eigenvalue weighted by molar-refractivity contribution is -0.152. The number of nitrogens with zero attached hydrogens (tertiary/aromatic N) is 1. The van der Waals surface area contributed by atoms with Gasteiger partial charge in [0.05, 0.1) is 11.1 Å². The summed E-state index contributed by atoms with van der Waals surface area (Å²) in [6.45, 7) is 1.08. The van der Waals surface area contributed by atoms with E-state index in [2.05, 4.69) is 0 Å². The molecule has 0 aliphatic carbocycles. The van der Waals surface area contributed by atoms with Crippen molar-refractivity contribution < 1.29 is 23.5 Å². The molecule has 2 atom stereocenters. The minimum atomic E-state index is -0.723. The number of hydrogen-bond donors (Lipinski definition) is 0. The Morgan fingerprint density at radius 2 is 2.17 bits per heavy atom. The Kier molecular flexibility index (Phi) is 5.06. The van der Waals surface area contributed by atoms with Gasteiger partial charge in [0, 0.05) is 12.7 Å². The molecule has 1 fully saturated rings. The van der Waals surface area contributed by atoms with Crippen LogP contribution in [0, 0.1) is 0 Å². The molecule has 24 heavy (non-hydrogen) atoms. The van der Waals surface area contributed by atoms with Crippen LogP contribution < -0.4 is 0 Å². The fourth-order valence-corrected chi connectivity index (χ4v) is 4.53. The maximum absolute atomic E-state index is 12.3. The van der Waals surface area contributed by atoms with Crippen molar-refractivity contribution >= 4 is 40.8 Å². The van der Waals surface area contributed by atoms with E-state index < -0.39 is 12.0 Å². The summed E-state index contributed by atoms with van der Waals surface area (Å²) in [5, 5.41) is 1.43. The Morgan fingerprint density at radius 1 is 1.33 bits per heavy atom. The van der Waals surface area contributed by atoms with Crippen LogP contribution in [0.15, 0.2) is 40.3 Å². The highest BCUT2D eigenvalue weighted by Gasteiger charge is 2.43. The van der Waals surface area contributed by atoms with Gasteiger partial charge in [-0.3, -0.25) is 9.59 Å². The van der Waals surface area contributed by atoms with Crippen LogP contribution in [0.5, 0.6) is 0 Å². The van der Waals surface area contributed by atoms with Crippen molar-refractivity contribution in [2.24, 2.45) is 0 Å². The van der Waals surface area contributed by atoms with Crippen LogP contribution in [0.25, 0.3) is 0 Å². The normalized spacial score (nSPS) is 20.1. The number of esters is 1. The molecular weight excluding hydrogens is 350 g/mol. The van der Waals surface area contributed by atoms with E-state index in [1.54, 1.807) is 29.6 Å². The van der Waals surface area contributed by atoms with E-state index in [9.17, 15) is 14.4 Å². The number of rotatable bonds is 5. The molecule has 0 N–H and O–H groups in total. The van der Waals surface area contributed by atoms with Gasteiger partial charge in [0.25, 0.3) is 0 Å². The number of ketones is 1. The molecule has 0 aromatic carbocycles. The molecule has 1 saturated heterocycles. The van der Waals surface area contributed by atoms with Crippen molar-refractivity contribution in [3.63, 3.8) is 0 Å². The van der Waals surface area contributed by atoms with Crippen LogP contribution in [0.4, 0.5) is 0 Å². The van der Waals surface area contributed by atoms with Gasteiger partial charge in [-0.25, -0.2) is 4.79 Å². The molecule has 3 heterocycles. The minimum absolute atomic E-state index is 0.243. The van der Waals surface area contributed by atoms with Gasteiger partial charge in [-0.1, -0.05) is 6.07 Å². The summed E-state index contributed by atoms with van der Waals surface area (Å²) < 4.78 is 10.5. The van der Waals surface area contributed by atoms with Crippen molar-refractivity contribution in [1.29, 1.82) is 0 Å². The summed E-state index contributed by atoms with van der Waals surface area (Å²) in [6, 6.07) is 6.22. The summed E-state index contributed by atoms with van der Waals surface area (Å²) in [6.07, 6.45) is 1.53. The summed E-state index contributed by atoms with van der Waals surface area (Å²) >= 11 is 2.73. The lowest BCUT2D eigenvalue weighted by atomic mass is 10.2. The van der Waals surface area contributed by atoms with E-state index >= 15 is 0 Å². The molecule has 0 saturated carbocycles. The van der Waals surface area contributed by atoms with E-state index in [1.807, 2.05) is 0 Å². The Labute approximate surface area is 146 Å². The van der Waals surface area contributed by atoms with Crippen LogP contribution in [0.1, 0.15) is 27.7 Å². The average Bonchev–Trinajstić information content (AvgIpc) is 3.32. The zero-order valence-electron chi connectivity index (χ0n) is 12.8. The summed E-state index contributed by atoms with van der Waals surface area (Å²) in [5.74, 6) is -0.0533. The van der Waals surface area contributed by atoms with Crippen LogP contribution in [0.3, 0.4) is 0 Å². The van der Waals surface area contributed by atoms with Crippen LogP contribution in [0.2, 0.25) is 0 Å². The predicted octanol–water partition coefficient (Wildman–Crippen LogP) is 2.73. The first-order valence-electron chi connectivity index (χ1n) is 7.25. The Balaban J connectivity index is 1.65. The summed E-state index contributed by atoms with van der Waals surface area (Å²) in [5.41, 5.74) is 0. The third-order valence-corrected chi connectivity index (χ3v) is 5.76. The van der Waals surface area contributed by atoms with Gasteiger partial charge in [0.15, 0.2) is 6.61 Å². The van der Waals surface area contributed by atoms with E-state index in [4.69, 9.17) is 9.15 Å². The number of Topliss-reactive ketones (excluding diaryl/α,β-unsaturated/α-hetero) is 1. The number of carbonyl (C=O) groups is 3. The SMILES string of the molecule is CC(=O)N1[C@@H](C(=O)OCC(=O)c2cccs2)CS[C@@H]1c1ccco1. The minimum Gasteiger partial charge on any atom is -0.466 e. The Bertz CT molecular complexity index is 726. The van der Waals surface area contributed by atoms with Crippen LogP contribution in [-0.2, 0) is 14.3 Å². The molecule has 6 nitrogen and oxygen atoms in total. The van der Waals surface area contributed by atoms with Crippen molar-refractivity contribution in [3.8, 4) is 0 Å². The van der Waals surface area contributed by atoms with Gasteiger partial charge >= 0.3 is 5.97 Å². The first-order chi connectivity index (χ1) is 11.6. The number of thioether (sulfide) groups is 1. The number of ether oxygens (including phenoxy) is 1. The quantitative estimate of drug-likeness (QED) is 0.599. The number of carbonyl (C=O) groups excluding carboxylic acids is 3. The highest BCUT2D eigenvalue weighted by Crippen LogP contribution is 2.41. The molecule has 0 radical (unpaired) electrons. The second-order valence-corrected chi connectivity index (χ2v) is 7.21. The molecule has 0 unspecified atom stereocenters. The zero-order valence-corrected chi connectivity index (χ0v) is 14.5. The molecule has 126 valence electrons. The van der Waals surface area contributed by atoms with Crippen molar-refractivity contribution in [2.45, 2.75) is 18.3 Å². The maximum Gasteiger partial charge on any atom is 0.330 e. The second-order valence-electron chi connectivity index (χ2n) is 5.15. The third kappa shape index (κ3) is 3.39. The summed E-state index contributed by atoms with van der Waals surface area (Å²) in [4.78, 5) is 38.2. The fourth-order valence-electron chi connectivity index (χ4n) is 2.46. The standard InChI is InChI=1S/C16H15NO5S2/c1-10(18)17-11(9-24-15(17)13-4-2-6-21-13)16(20)22-8-12(19)14-5-3-7-23-14/h2-7,11,15H,8-9H2,1H3/t11-,15-/m1/s1.